The Morgan fingerprint density at radius 1 is 1.06 bits per heavy atom. The summed E-state index contributed by atoms with van der Waals surface area (Å²) in [7, 11) is 0. The number of aromatic nitrogens is 6. The molecule has 2 aromatic carbocycles. The van der Waals surface area contributed by atoms with Crippen LogP contribution in [0.5, 0.6) is 0 Å². The van der Waals surface area contributed by atoms with Crippen molar-refractivity contribution < 1.29 is 38.5 Å². The standard InChI is InChI=1S/C30H34ClN7O9/c1-4-5-10-25-32-27(31)26(29(39)45-20(3)46-30(40)44-16-15-43-18-19(2)47-38(41)42)37(25)17-21-11-13-22(14-12-21)23-8-6-7-9-24(23)28-33-35-36-34-28/h6-9,11-14,19-20H,4-5,10,15-18H2,1-3H3,(H,33,34,35,36)/t19-,20?/m1/s1. The molecule has 0 saturated heterocycles. The van der Waals surface area contributed by atoms with Gasteiger partial charge < -0.3 is 28.4 Å². The summed E-state index contributed by atoms with van der Waals surface area (Å²) in [4.78, 5) is 44.4. The number of rotatable bonds is 17. The van der Waals surface area contributed by atoms with Gasteiger partial charge in [-0.05, 0) is 35.2 Å². The third kappa shape index (κ3) is 9.95. The fraction of sp³-hybridized carbons (Fsp3) is 0.400. The summed E-state index contributed by atoms with van der Waals surface area (Å²) in [6.45, 7) is 4.78. The Morgan fingerprint density at radius 3 is 2.49 bits per heavy atom. The second-order valence-electron chi connectivity index (χ2n) is 10.2. The monoisotopic (exact) mass is 671 g/mol. The molecule has 0 bridgehead atoms. The smallest absolute Gasteiger partial charge is 0.432 e. The molecule has 1 N–H and O–H groups in total. The molecule has 0 amide bonds. The highest BCUT2D eigenvalue weighted by molar-refractivity contribution is 6.32. The Labute approximate surface area is 274 Å². The number of aryl methyl sites for hydroxylation is 1. The van der Waals surface area contributed by atoms with Gasteiger partial charge in [0.25, 0.3) is 5.09 Å². The summed E-state index contributed by atoms with van der Waals surface area (Å²) in [5, 5.41) is 23.7. The van der Waals surface area contributed by atoms with Crippen LogP contribution in [0.3, 0.4) is 0 Å². The van der Waals surface area contributed by atoms with Crippen LogP contribution in [0.25, 0.3) is 22.5 Å². The molecule has 1 unspecified atom stereocenters. The minimum Gasteiger partial charge on any atom is -0.432 e. The van der Waals surface area contributed by atoms with Crippen LogP contribution in [0.2, 0.25) is 5.15 Å². The Kier molecular flexibility index (Phi) is 12.6. The number of carbonyl (C=O) groups is 2. The lowest BCUT2D eigenvalue weighted by molar-refractivity contribution is -0.768. The lowest BCUT2D eigenvalue weighted by Crippen LogP contribution is -2.25. The largest absolute Gasteiger partial charge is 0.511 e. The van der Waals surface area contributed by atoms with Crippen molar-refractivity contribution in [3.05, 3.63) is 80.9 Å². The SMILES string of the molecule is CCCCc1nc(Cl)c(C(=O)OC(C)OC(=O)OCCOC[C@@H](C)O[N+](=O)[O-])n1Cc1ccc(-c2ccccc2-c2nn[nH]n2)cc1. The van der Waals surface area contributed by atoms with Gasteiger partial charge >= 0.3 is 12.1 Å². The first kappa shape index (κ1) is 34.8. The van der Waals surface area contributed by atoms with Crippen molar-refractivity contribution in [2.75, 3.05) is 19.8 Å². The fourth-order valence-electron chi connectivity index (χ4n) is 4.55. The number of hydrogen-bond acceptors (Lipinski definition) is 13. The number of nitrogens with one attached hydrogen (secondary N) is 1. The lowest BCUT2D eigenvalue weighted by Gasteiger charge is -2.16. The van der Waals surface area contributed by atoms with Gasteiger partial charge in [-0.1, -0.05) is 73.5 Å². The molecule has 250 valence electrons. The van der Waals surface area contributed by atoms with Crippen molar-refractivity contribution in [3.63, 3.8) is 0 Å². The second-order valence-corrected chi connectivity index (χ2v) is 10.6. The zero-order valence-corrected chi connectivity index (χ0v) is 26.7. The van der Waals surface area contributed by atoms with E-state index < -0.39 is 29.6 Å². The first-order valence-electron chi connectivity index (χ1n) is 14.8. The van der Waals surface area contributed by atoms with E-state index in [1.54, 1.807) is 4.57 Å². The van der Waals surface area contributed by atoms with Gasteiger partial charge in [-0.3, -0.25) is 0 Å². The number of esters is 1. The van der Waals surface area contributed by atoms with Gasteiger partial charge in [0.1, 0.15) is 18.5 Å². The predicted octanol–water partition coefficient (Wildman–Crippen LogP) is 5.04. The van der Waals surface area contributed by atoms with E-state index in [0.29, 0.717) is 18.1 Å². The number of tetrazole rings is 1. The van der Waals surface area contributed by atoms with E-state index in [1.807, 2.05) is 55.5 Å². The van der Waals surface area contributed by atoms with Crippen molar-refractivity contribution in [2.45, 2.75) is 59.0 Å². The number of halogens is 1. The van der Waals surface area contributed by atoms with Crippen LogP contribution in [-0.4, -0.2) is 79.6 Å². The zero-order chi connectivity index (χ0) is 33.8. The number of carbonyl (C=O) groups excluding carboxylic acids is 2. The molecule has 47 heavy (non-hydrogen) atoms. The normalized spacial score (nSPS) is 12.3. The lowest BCUT2D eigenvalue weighted by atomic mass is 9.98. The molecule has 0 fully saturated rings. The van der Waals surface area contributed by atoms with E-state index in [0.717, 1.165) is 35.1 Å². The molecule has 0 aliphatic carbocycles. The summed E-state index contributed by atoms with van der Waals surface area (Å²) in [5.74, 6) is 0.259. The van der Waals surface area contributed by atoms with Crippen LogP contribution in [0.4, 0.5) is 4.79 Å². The number of unbranched alkanes of at least 4 members (excludes halogenated alkanes) is 1. The Bertz CT molecular complexity index is 1630. The minimum absolute atomic E-state index is 0.0209. The quantitative estimate of drug-likeness (QED) is 0.0515. The maximum absolute atomic E-state index is 13.3. The first-order valence-corrected chi connectivity index (χ1v) is 15.1. The highest BCUT2D eigenvalue weighted by atomic mass is 35.5. The molecule has 4 rings (SSSR count). The average Bonchev–Trinajstić information content (AvgIpc) is 3.68. The molecule has 4 aromatic rings. The van der Waals surface area contributed by atoms with E-state index in [-0.39, 0.29) is 37.2 Å². The molecule has 0 saturated carbocycles. The van der Waals surface area contributed by atoms with Crippen molar-refractivity contribution in [1.29, 1.82) is 0 Å². The number of hydrogen-bond donors (Lipinski definition) is 1. The first-order chi connectivity index (χ1) is 22.7. The molecule has 0 aliphatic heterocycles. The van der Waals surface area contributed by atoms with E-state index in [2.05, 4.69) is 30.4 Å². The number of ether oxygens (including phenoxy) is 4. The average molecular weight is 672 g/mol. The fourth-order valence-corrected chi connectivity index (χ4v) is 4.82. The highest BCUT2D eigenvalue weighted by Crippen LogP contribution is 2.30. The number of benzene rings is 2. The van der Waals surface area contributed by atoms with Crippen LogP contribution >= 0.6 is 11.6 Å². The number of nitrogens with zero attached hydrogens (tertiary/aromatic N) is 6. The van der Waals surface area contributed by atoms with Gasteiger partial charge in [0.15, 0.2) is 10.8 Å². The minimum atomic E-state index is -1.32. The highest BCUT2D eigenvalue weighted by Gasteiger charge is 2.26. The molecule has 17 heteroatoms. The van der Waals surface area contributed by atoms with Gasteiger partial charge in [0, 0.05) is 25.5 Å². The van der Waals surface area contributed by atoms with Crippen LogP contribution in [0.15, 0.2) is 48.5 Å². The van der Waals surface area contributed by atoms with Gasteiger partial charge in [-0.15, -0.1) is 20.3 Å². The molecular weight excluding hydrogens is 638 g/mol. The Hall–Kier alpha value is -5.09. The maximum atomic E-state index is 13.3. The molecule has 0 spiro atoms. The van der Waals surface area contributed by atoms with Crippen LogP contribution in [0, 0.1) is 10.1 Å². The van der Waals surface area contributed by atoms with Crippen LogP contribution < -0.4 is 0 Å². The summed E-state index contributed by atoms with van der Waals surface area (Å²) in [6, 6.07) is 15.5. The molecule has 2 heterocycles. The van der Waals surface area contributed by atoms with Crippen molar-refractivity contribution in [2.24, 2.45) is 0 Å². The van der Waals surface area contributed by atoms with E-state index >= 15 is 0 Å². The van der Waals surface area contributed by atoms with Crippen molar-refractivity contribution in [3.8, 4) is 22.5 Å². The van der Waals surface area contributed by atoms with E-state index in [9.17, 15) is 19.7 Å². The van der Waals surface area contributed by atoms with E-state index in [4.69, 9.17) is 30.5 Å². The number of aromatic amines is 1. The summed E-state index contributed by atoms with van der Waals surface area (Å²) >= 11 is 6.45. The third-order valence-electron chi connectivity index (χ3n) is 6.67. The summed E-state index contributed by atoms with van der Waals surface area (Å²) in [5.41, 5.74) is 3.59. The number of imidazole rings is 1. The predicted molar refractivity (Wildman–Crippen MR) is 166 cm³/mol. The Morgan fingerprint density at radius 2 is 1.81 bits per heavy atom. The van der Waals surface area contributed by atoms with Gasteiger partial charge in [0.2, 0.25) is 12.1 Å². The molecular formula is C30H34ClN7O9. The van der Waals surface area contributed by atoms with Crippen molar-refractivity contribution in [1.82, 2.24) is 30.2 Å². The van der Waals surface area contributed by atoms with E-state index in [1.165, 1.54) is 13.8 Å². The van der Waals surface area contributed by atoms with Crippen molar-refractivity contribution >= 4 is 23.7 Å². The number of H-pyrrole nitrogens is 1. The summed E-state index contributed by atoms with van der Waals surface area (Å²) in [6.07, 6.45) is -0.900. The third-order valence-corrected chi connectivity index (χ3v) is 6.94. The molecule has 2 aromatic heterocycles. The topological polar surface area (TPSA) is 196 Å². The van der Waals surface area contributed by atoms with Crippen LogP contribution in [-0.2, 0) is 36.8 Å². The molecule has 0 radical (unpaired) electrons. The summed E-state index contributed by atoms with van der Waals surface area (Å²) < 4.78 is 22.1. The maximum Gasteiger partial charge on any atom is 0.511 e. The van der Waals surface area contributed by atoms with Gasteiger partial charge in [0.05, 0.1) is 13.2 Å². The Balaban J connectivity index is 1.40. The molecule has 16 nitrogen and oxygen atoms in total. The van der Waals surface area contributed by atoms with Gasteiger partial charge in [-0.2, -0.15) is 5.21 Å². The van der Waals surface area contributed by atoms with Gasteiger partial charge in [-0.25, -0.2) is 14.6 Å². The molecule has 0 aliphatic rings. The van der Waals surface area contributed by atoms with Crippen LogP contribution in [0.1, 0.15) is 55.5 Å². The molecule has 2 atom stereocenters. The zero-order valence-electron chi connectivity index (χ0n) is 26.0. The second kappa shape index (κ2) is 17.0.